The van der Waals surface area contributed by atoms with Crippen LogP contribution in [0.5, 0.6) is 0 Å². The molecule has 7 nitrogen and oxygen atoms in total. The van der Waals surface area contributed by atoms with Crippen molar-refractivity contribution in [2.45, 2.75) is 57.5 Å². The second-order valence-corrected chi connectivity index (χ2v) is 6.17. The summed E-state index contributed by atoms with van der Waals surface area (Å²) < 4.78 is 7.15. The zero-order valence-electron chi connectivity index (χ0n) is 13.2. The lowest BCUT2D eigenvalue weighted by Crippen LogP contribution is -2.27. The summed E-state index contributed by atoms with van der Waals surface area (Å²) in [6.45, 7) is 8.92. The SMILES string of the molecule is CCCCOCC(O)CSc1nnnn1CCNC(C)C. The average Bonchev–Trinajstić information content (AvgIpc) is 2.88. The average molecular weight is 317 g/mol. The fourth-order valence-electron chi connectivity index (χ4n) is 1.58. The van der Waals surface area contributed by atoms with E-state index in [-0.39, 0.29) is 0 Å². The summed E-state index contributed by atoms with van der Waals surface area (Å²) in [6, 6.07) is 0.444. The van der Waals surface area contributed by atoms with Crippen molar-refractivity contribution in [2.24, 2.45) is 0 Å². The van der Waals surface area contributed by atoms with Crippen LogP contribution in [0.1, 0.15) is 33.6 Å². The highest BCUT2D eigenvalue weighted by Gasteiger charge is 2.11. The molecule has 0 aliphatic carbocycles. The number of thioether (sulfide) groups is 1. The van der Waals surface area contributed by atoms with Gasteiger partial charge in [-0.1, -0.05) is 39.0 Å². The maximum absolute atomic E-state index is 9.85. The zero-order chi connectivity index (χ0) is 15.5. The van der Waals surface area contributed by atoms with E-state index < -0.39 is 6.10 Å². The van der Waals surface area contributed by atoms with Gasteiger partial charge in [-0.25, -0.2) is 4.68 Å². The van der Waals surface area contributed by atoms with Crippen molar-refractivity contribution in [3.8, 4) is 0 Å². The molecule has 0 aliphatic rings. The van der Waals surface area contributed by atoms with E-state index in [9.17, 15) is 5.11 Å². The van der Waals surface area contributed by atoms with E-state index in [1.807, 2.05) is 0 Å². The molecule has 1 atom stereocenters. The van der Waals surface area contributed by atoms with Gasteiger partial charge in [0, 0.05) is 24.9 Å². The van der Waals surface area contributed by atoms with Crippen LogP contribution in [-0.4, -0.2) is 63.0 Å². The number of tetrazole rings is 1. The molecular weight excluding hydrogens is 290 g/mol. The Balaban J connectivity index is 2.23. The number of aromatic nitrogens is 4. The van der Waals surface area contributed by atoms with Gasteiger partial charge in [0.1, 0.15) is 0 Å². The number of aliphatic hydroxyl groups excluding tert-OH is 1. The molecule has 8 heteroatoms. The maximum atomic E-state index is 9.85. The summed E-state index contributed by atoms with van der Waals surface area (Å²) in [7, 11) is 0. The molecule has 0 aromatic carbocycles. The van der Waals surface area contributed by atoms with Crippen molar-refractivity contribution in [2.75, 3.05) is 25.5 Å². The predicted molar refractivity (Wildman–Crippen MR) is 83.4 cm³/mol. The summed E-state index contributed by atoms with van der Waals surface area (Å²) in [5, 5.41) is 25.5. The molecule has 0 aliphatic heterocycles. The molecule has 1 aromatic rings. The zero-order valence-corrected chi connectivity index (χ0v) is 14.0. The fourth-order valence-corrected chi connectivity index (χ4v) is 2.39. The minimum atomic E-state index is -0.495. The summed E-state index contributed by atoms with van der Waals surface area (Å²) >= 11 is 1.45. The highest BCUT2D eigenvalue weighted by atomic mass is 32.2. The largest absolute Gasteiger partial charge is 0.390 e. The first kappa shape index (κ1) is 18.3. The molecular formula is C13H27N5O2S. The molecule has 0 fully saturated rings. The Kier molecular flexibility index (Phi) is 9.56. The lowest BCUT2D eigenvalue weighted by molar-refractivity contribution is 0.0473. The van der Waals surface area contributed by atoms with E-state index in [2.05, 4.69) is 41.6 Å². The third kappa shape index (κ3) is 8.35. The van der Waals surface area contributed by atoms with Crippen molar-refractivity contribution >= 4 is 11.8 Å². The van der Waals surface area contributed by atoms with Gasteiger partial charge in [0.05, 0.1) is 19.3 Å². The molecule has 21 heavy (non-hydrogen) atoms. The van der Waals surface area contributed by atoms with Crippen molar-refractivity contribution in [1.29, 1.82) is 0 Å². The Morgan fingerprint density at radius 3 is 2.95 bits per heavy atom. The van der Waals surface area contributed by atoms with Crippen molar-refractivity contribution in [3.05, 3.63) is 0 Å². The monoisotopic (exact) mass is 317 g/mol. The van der Waals surface area contributed by atoms with Gasteiger partial charge in [-0.15, -0.1) is 5.10 Å². The highest BCUT2D eigenvalue weighted by Crippen LogP contribution is 2.14. The number of unbranched alkanes of at least 4 members (excludes halogenated alkanes) is 1. The molecule has 1 aromatic heterocycles. The Morgan fingerprint density at radius 1 is 1.43 bits per heavy atom. The lowest BCUT2D eigenvalue weighted by Gasteiger charge is -2.11. The first-order valence-corrected chi connectivity index (χ1v) is 8.50. The van der Waals surface area contributed by atoms with Crippen LogP contribution < -0.4 is 5.32 Å². The van der Waals surface area contributed by atoms with E-state index in [4.69, 9.17) is 4.74 Å². The van der Waals surface area contributed by atoms with Gasteiger partial charge in [-0.05, 0) is 16.8 Å². The summed E-state index contributed by atoms with van der Waals surface area (Å²) in [5.41, 5.74) is 0. The van der Waals surface area contributed by atoms with Crippen molar-refractivity contribution in [1.82, 2.24) is 25.5 Å². The predicted octanol–water partition coefficient (Wildman–Crippen LogP) is 0.941. The second-order valence-electron chi connectivity index (χ2n) is 5.19. The molecule has 2 N–H and O–H groups in total. The van der Waals surface area contributed by atoms with Gasteiger partial charge >= 0.3 is 0 Å². The van der Waals surface area contributed by atoms with Crippen LogP contribution in [0.25, 0.3) is 0 Å². The molecule has 0 radical (unpaired) electrons. The number of aliphatic hydroxyl groups is 1. The van der Waals surface area contributed by atoms with Crippen LogP contribution in [0.3, 0.4) is 0 Å². The number of hydrogen-bond donors (Lipinski definition) is 2. The number of nitrogens with zero attached hydrogens (tertiary/aromatic N) is 4. The summed E-state index contributed by atoms with van der Waals surface area (Å²) in [4.78, 5) is 0. The van der Waals surface area contributed by atoms with E-state index in [1.165, 1.54) is 11.8 Å². The standard InChI is InChI=1S/C13H27N5O2S/c1-4-5-8-20-9-12(19)10-21-13-15-16-17-18(13)7-6-14-11(2)3/h11-12,14,19H,4-10H2,1-3H3. The van der Waals surface area contributed by atoms with Gasteiger partial charge in [0.15, 0.2) is 0 Å². The number of hydrogen-bond acceptors (Lipinski definition) is 7. The maximum Gasteiger partial charge on any atom is 0.209 e. The van der Waals surface area contributed by atoms with Crippen molar-refractivity contribution < 1.29 is 9.84 Å². The Bertz CT molecular complexity index is 375. The van der Waals surface area contributed by atoms with Gasteiger partial charge in [0.2, 0.25) is 5.16 Å². The first-order valence-electron chi connectivity index (χ1n) is 7.51. The molecule has 122 valence electrons. The van der Waals surface area contributed by atoms with Gasteiger partial charge in [-0.3, -0.25) is 0 Å². The Labute approximate surface area is 130 Å². The number of ether oxygens (including phenoxy) is 1. The van der Waals surface area contributed by atoms with Crippen LogP contribution >= 0.6 is 11.8 Å². The first-order chi connectivity index (χ1) is 10.1. The van der Waals surface area contributed by atoms with E-state index >= 15 is 0 Å². The van der Waals surface area contributed by atoms with Gasteiger partial charge in [0.25, 0.3) is 0 Å². The smallest absolute Gasteiger partial charge is 0.209 e. The van der Waals surface area contributed by atoms with E-state index in [0.29, 0.717) is 25.0 Å². The molecule has 0 saturated heterocycles. The van der Waals surface area contributed by atoms with E-state index in [1.54, 1.807) is 4.68 Å². The van der Waals surface area contributed by atoms with Gasteiger partial charge in [-0.2, -0.15) is 0 Å². The molecule has 0 amide bonds. The van der Waals surface area contributed by atoms with Crippen molar-refractivity contribution in [3.63, 3.8) is 0 Å². The third-order valence-electron chi connectivity index (χ3n) is 2.73. The molecule has 0 saturated carbocycles. The quantitative estimate of drug-likeness (QED) is 0.438. The molecule has 0 bridgehead atoms. The third-order valence-corrected chi connectivity index (χ3v) is 3.83. The summed E-state index contributed by atoms with van der Waals surface area (Å²) in [5.74, 6) is 0.532. The summed E-state index contributed by atoms with van der Waals surface area (Å²) in [6.07, 6.45) is 1.64. The molecule has 1 rings (SSSR count). The Morgan fingerprint density at radius 2 is 2.24 bits per heavy atom. The van der Waals surface area contributed by atoms with E-state index in [0.717, 1.165) is 31.1 Å². The minimum Gasteiger partial charge on any atom is -0.390 e. The number of nitrogens with one attached hydrogen (secondary N) is 1. The normalized spacial score (nSPS) is 13.0. The minimum absolute atomic E-state index is 0.365. The van der Waals surface area contributed by atoms with Crippen LogP contribution in [0.15, 0.2) is 5.16 Å². The topological polar surface area (TPSA) is 85.1 Å². The molecule has 0 spiro atoms. The Hall–Kier alpha value is -0.700. The lowest BCUT2D eigenvalue weighted by atomic mass is 10.3. The molecule has 1 heterocycles. The molecule has 1 unspecified atom stereocenters. The van der Waals surface area contributed by atoms with Gasteiger partial charge < -0.3 is 15.2 Å². The number of rotatable bonds is 12. The van der Waals surface area contributed by atoms with Crippen LogP contribution in [0, 0.1) is 0 Å². The fraction of sp³-hybridized carbons (Fsp3) is 0.923. The van der Waals surface area contributed by atoms with Crippen LogP contribution in [0.2, 0.25) is 0 Å². The second kappa shape index (κ2) is 10.9. The van der Waals surface area contributed by atoms with Crippen LogP contribution in [0.4, 0.5) is 0 Å². The highest BCUT2D eigenvalue weighted by molar-refractivity contribution is 7.99. The van der Waals surface area contributed by atoms with Crippen LogP contribution in [-0.2, 0) is 11.3 Å².